The zero-order valence-corrected chi connectivity index (χ0v) is 15.0. The predicted molar refractivity (Wildman–Crippen MR) is 104 cm³/mol. The van der Waals surface area contributed by atoms with Gasteiger partial charge in [0.25, 0.3) is 0 Å². The van der Waals surface area contributed by atoms with Crippen molar-refractivity contribution in [3.63, 3.8) is 0 Å². The van der Waals surface area contributed by atoms with E-state index >= 15 is 0 Å². The minimum absolute atomic E-state index is 0.630. The van der Waals surface area contributed by atoms with E-state index in [-0.39, 0.29) is 0 Å². The summed E-state index contributed by atoms with van der Waals surface area (Å²) in [7, 11) is 0. The first-order valence-electron chi connectivity index (χ1n) is 8.05. The Morgan fingerprint density at radius 1 is 1.20 bits per heavy atom. The zero-order chi connectivity index (χ0) is 17.6. The molecule has 3 aromatic rings. The van der Waals surface area contributed by atoms with Gasteiger partial charge in [0, 0.05) is 17.5 Å². The van der Waals surface area contributed by atoms with E-state index in [9.17, 15) is 5.26 Å². The molecule has 0 aliphatic rings. The Hall–Kier alpha value is -2.97. The Bertz CT molecular complexity index is 937. The summed E-state index contributed by atoms with van der Waals surface area (Å²) in [5.74, 6) is 0. The number of nitriles is 1. The van der Waals surface area contributed by atoms with Gasteiger partial charge in [-0.3, -0.25) is 0 Å². The number of hydrazone groups is 1. The van der Waals surface area contributed by atoms with Gasteiger partial charge in [-0.15, -0.1) is 11.3 Å². The quantitative estimate of drug-likeness (QED) is 0.490. The fraction of sp³-hybridized carbons (Fsp3) is 0.150. The van der Waals surface area contributed by atoms with Gasteiger partial charge in [0.15, 0.2) is 0 Å². The van der Waals surface area contributed by atoms with Crippen LogP contribution in [0.3, 0.4) is 0 Å². The van der Waals surface area contributed by atoms with Gasteiger partial charge in [0.05, 0.1) is 23.5 Å². The van der Waals surface area contributed by atoms with E-state index in [0.717, 1.165) is 28.5 Å². The molecule has 0 fully saturated rings. The molecule has 1 heterocycles. The lowest BCUT2D eigenvalue weighted by Crippen LogP contribution is -2.15. The van der Waals surface area contributed by atoms with E-state index in [1.807, 2.05) is 66.0 Å². The molecule has 0 radical (unpaired) electrons. The van der Waals surface area contributed by atoms with Gasteiger partial charge in [-0.1, -0.05) is 42.5 Å². The molecule has 25 heavy (non-hydrogen) atoms. The van der Waals surface area contributed by atoms with Crippen LogP contribution >= 0.6 is 11.3 Å². The monoisotopic (exact) mass is 346 g/mol. The molecule has 0 atom stereocenters. The Labute approximate surface area is 151 Å². The number of hydrogen-bond acceptors (Lipinski definition) is 5. The topological polar surface area (TPSA) is 52.3 Å². The maximum Gasteiger partial charge on any atom is 0.206 e. The highest BCUT2D eigenvalue weighted by Crippen LogP contribution is 2.29. The van der Waals surface area contributed by atoms with Crippen LogP contribution in [-0.2, 0) is 0 Å². The van der Waals surface area contributed by atoms with Crippen LogP contribution in [-0.4, -0.2) is 17.7 Å². The van der Waals surface area contributed by atoms with Crippen LogP contribution in [0, 0.1) is 18.3 Å². The van der Waals surface area contributed by atoms with Gasteiger partial charge in [-0.05, 0) is 31.0 Å². The van der Waals surface area contributed by atoms with Crippen molar-refractivity contribution < 1.29 is 0 Å². The molecule has 2 aromatic carbocycles. The van der Waals surface area contributed by atoms with Gasteiger partial charge < -0.3 is 0 Å². The summed E-state index contributed by atoms with van der Waals surface area (Å²) in [6.45, 7) is 4.83. The summed E-state index contributed by atoms with van der Waals surface area (Å²) < 4.78 is 0. The van der Waals surface area contributed by atoms with Crippen molar-refractivity contribution in [2.45, 2.75) is 13.8 Å². The van der Waals surface area contributed by atoms with Gasteiger partial charge >= 0.3 is 0 Å². The van der Waals surface area contributed by atoms with Crippen LogP contribution in [0.4, 0.5) is 5.13 Å². The second kappa shape index (κ2) is 7.73. The van der Waals surface area contributed by atoms with Gasteiger partial charge in [-0.25, -0.2) is 9.99 Å². The molecule has 124 valence electrons. The standard InChI is InChI=1S/C20H18N4S/c1-3-24(22-13-17-10-5-4-8-15(17)2)20-23-19(14-25-20)18-11-7-6-9-16(18)12-21/h4-11,13-14H,3H2,1-2H3/b22-13+. The molecular formula is C20H18N4S. The van der Waals surface area contributed by atoms with Gasteiger partial charge in [0.1, 0.15) is 0 Å². The SMILES string of the molecule is CCN(/N=C/c1ccccc1C)c1nc(-c2ccccc2C#N)cs1. The number of rotatable bonds is 5. The number of aryl methyl sites for hydroxylation is 1. The van der Waals surface area contributed by atoms with E-state index < -0.39 is 0 Å². The summed E-state index contributed by atoms with van der Waals surface area (Å²) in [6, 6.07) is 17.9. The van der Waals surface area contributed by atoms with Crippen molar-refractivity contribution in [2.75, 3.05) is 11.6 Å². The Balaban J connectivity index is 1.87. The molecule has 0 unspecified atom stereocenters. The van der Waals surface area contributed by atoms with Crippen molar-refractivity contribution in [1.82, 2.24) is 4.98 Å². The van der Waals surface area contributed by atoms with Crippen LogP contribution in [0.5, 0.6) is 0 Å². The highest BCUT2D eigenvalue weighted by Gasteiger charge is 2.12. The highest BCUT2D eigenvalue weighted by atomic mass is 32.1. The molecule has 1 aromatic heterocycles. The molecule has 0 N–H and O–H groups in total. The van der Waals surface area contributed by atoms with Crippen molar-refractivity contribution in [1.29, 1.82) is 5.26 Å². The summed E-state index contributed by atoms with van der Waals surface area (Å²) >= 11 is 1.53. The van der Waals surface area contributed by atoms with Crippen molar-refractivity contribution in [2.24, 2.45) is 5.10 Å². The smallest absolute Gasteiger partial charge is 0.206 e. The van der Waals surface area contributed by atoms with Crippen molar-refractivity contribution >= 4 is 22.7 Å². The van der Waals surface area contributed by atoms with Crippen LogP contribution in [0.15, 0.2) is 59.0 Å². The molecule has 0 saturated carbocycles. The van der Waals surface area contributed by atoms with E-state index in [1.165, 1.54) is 16.9 Å². The average molecular weight is 346 g/mol. The van der Waals surface area contributed by atoms with E-state index in [2.05, 4.69) is 29.1 Å². The van der Waals surface area contributed by atoms with Crippen LogP contribution in [0.1, 0.15) is 23.6 Å². The second-order valence-electron chi connectivity index (χ2n) is 5.49. The lowest BCUT2D eigenvalue weighted by Gasteiger charge is -2.12. The molecule has 0 amide bonds. The molecule has 0 aliphatic heterocycles. The third-order valence-electron chi connectivity index (χ3n) is 3.86. The molecule has 4 nitrogen and oxygen atoms in total. The first-order chi connectivity index (χ1) is 12.2. The lowest BCUT2D eigenvalue weighted by atomic mass is 10.1. The number of thiazole rings is 1. The van der Waals surface area contributed by atoms with E-state index in [4.69, 9.17) is 0 Å². The third kappa shape index (κ3) is 3.76. The van der Waals surface area contributed by atoms with Crippen molar-refractivity contribution in [3.05, 3.63) is 70.6 Å². The van der Waals surface area contributed by atoms with Crippen molar-refractivity contribution in [3.8, 4) is 17.3 Å². The fourth-order valence-electron chi connectivity index (χ4n) is 2.44. The molecule has 0 aliphatic carbocycles. The molecular weight excluding hydrogens is 328 g/mol. The normalized spacial score (nSPS) is 10.8. The second-order valence-corrected chi connectivity index (χ2v) is 6.33. The molecule has 0 spiro atoms. The first kappa shape index (κ1) is 16.9. The summed E-state index contributed by atoms with van der Waals surface area (Å²) in [5.41, 5.74) is 4.57. The van der Waals surface area contributed by atoms with E-state index in [1.54, 1.807) is 0 Å². The van der Waals surface area contributed by atoms with Gasteiger partial charge in [0.2, 0.25) is 5.13 Å². The summed E-state index contributed by atoms with van der Waals surface area (Å²) in [4.78, 5) is 4.67. The zero-order valence-electron chi connectivity index (χ0n) is 14.2. The number of hydrogen-bond donors (Lipinski definition) is 0. The largest absolute Gasteiger partial charge is 0.239 e. The maximum atomic E-state index is 9.27. The Morgan fingerprint density at radius 3 is 2.72 bits per heavy atom. The predicted octanol–water partition coefficient (Wildman–Crippen LogP) is 4.85. The van der Waals surface area contributed by atoms with E-state index in [0.29, 0.717) is 5.56 Å². The van der Waals surface area contributed by atoms with Gasteiger partial charge in [-0.2, -0.15) is 10.4 Å². The minimum Gasteiger partial charge on any atom is -0.239 e. The van der Waals surface area contributed by atoms with Crippen LogP contribution in [0.2, 0.25) is 0 Å². The number of anilines is 1. The number of aromatic nitrogens is 1. The third-order valence-corrected chi connectivity index (χ3v) is 4.71. The first-order valence-corrected chi connectivity index (χ1v) is 8.93. The molecule has 3 rings (SSSR count). The molecule has 5 heteroatoms. The summed E-state index contributed by atoms with van der Waals surface area (Å²) in [6.07, 6.45) is 1.86. The Kier molecular flexibility index (Phi) is 5.22. The number of benzene rings is 2. The van der Waals surface area contributed by atoms with Crippen LogP contribution < -0.4 is 5.01 Å². The lowest BCUT2D eigenvalue weighted by molar-refractivity contribution is 0.890. The summed E-state index contributed by atoms with van der Waals surface area (Å²) in [5, 5.41) is 18.5. The molecule has 0 saturated heterocycles. The molecule has 0 bridgehead atoms. The Morgan fingerprint density at radius 2 is 1.96 bits per heavy atom. The fourth-order valence-corrected chi connectivity index (χ4v) is 3.29. The maximum absolute atomic E-state index is 9.27. The van der Waals surface area contributed by atoms with Crippen LogP contribution in [0.25, 0.3) is 11.3 Å². The number of nitrogens with zero attached hydrogens (tertiary/aromatic N) is 4. The minimum atomic E-state index is 0.630. The average Bonchev–Trinajstić information content (AvgIpc) is 3.13. The highest BCUT2D eigenvalue weighted by molar-refractivity contribution is 7.14.